The molecule has 0 bridgehead atoms. The number of nitrogens with zero attached hydrogens (tertiary/aromatic N) is 1. The van der Waals surface area contributed by atoms with Gasteiger partial charge in [-0.15, -0.1) is 0 Å². The maximum atomic E-state index is 8.42. The maximum Gasteiger partial charge on any atom is 0.0933 e. The zero-order valence-corrected chi connectivity index (χ0v) is 7.83. The van der Waals surface area contributed by atoms with Crippen LogP contribution in [0.15, 0.2) is 24.3 Å². The summed E-state index contributed by atoms with van der Waals surface area (Å²) in [5.41, 5.74) is 9.51. The van der Waals surface area contributed by atoms with Crippen LogP contribution < -0.4 is 5.73 Å². The summed E-state index contributed by atoms with van der Waals surface area (Å²) in [4.78, 5) is 0. The summed E-state index contributed by atoms with van der Waals surface area (Å²) in [6.07, 6.45) is 1.35. The van der Waals surface area contributed by atoms with E-state index >= 15 is 0 Å². The zero-order chi connectivity index (χ0) is 9.84. The maximum absolute atomic E-state index is 8.42. The van der Waals surface area contributed by atoms with Gasteiger partial charge in [0.1, 0.15) is 0 Å². The molecule has 0 spiro atoms. The summed E-state index contributed by atoms with van der Waals surface area (Å²) >= 11 is 0. The zero-order valence-electron chi connectivity index (χ0n) is 7.83. The lowest BCUT2D eigenvalue weighted by Crippen LogP contribution is -1.96. The van der Waals surface area contributed by atoms with Crippen molar-refractivity contribution in [2.45, 2.75) is 13.8 Å². The normalized spacial score (nSPS) is 11.0. The van der Waals surface area contributed by atoms with Crippen LogP contribution in [-0.4, -0.2) is 0 Å². The van der Waals surface area contributed by atoms with Crippen molar-refractivity contribution in [3.8, 4) is 6.07 Å². The molecule has 0 amide bonds. The van der Waals surface area contributed by atoms with Crippen molar-refractivity contribution in [1.29, 1.82) is 5.26 Å². The van der Waals surface area contributed by atoms with Crippen LogP contribution in [0.4, 0.5) is 0 Å². The minimum absolute atomic E-state index is 0.519. The highest BCUT2D eigenvalue weighted by atomic mass is 14.6. The van der Waals surface area contributed by atoms with Gasteiger partial charge in [0.2, 0.25) is 0 Å². The van der Waals surface area contributed by atoms with Crippen molar-refractivity contribution < 1.29 is 0 Å². The molecule has 0 aliphatic heterocycles. The second kappa shape index (κ2) is 3.77. The molecule has 0 atom stereocenters. The Balaban J connectivity index is 3.13. The van der Waals surface area contributed by atoms with Gasteiger partial charge in [0.05, 0.1) is 6.07 Å². The summed E-state index contributed by atoms with van der Waals surface area (Å²) in [5, 5.41) is 8.42. The third kappa shape index (κ3) is 2.09. The first-order valence-electron chi connectivity index (χ1n) is 4.08. The van der Waals surface area contributed by atoms with Gasteiger partial charge >= 0.3 is 0 Å². The van der Waals surface area contributed by atoms with Crippen molar-refractivity contribution in [3.63, 3.8) is 0 Å². The lowest BCUT2D eigenvalue weighted by molar-refractivity contribution is 1.32. The summed E-state index contributed by atoms with van der Waals surface area (Å²) in [7, 11) is 0. The number of nitrogens with two attached hydrogens (primary N) is 1. The van der Waals surface area contributed by atoms with Crippen LogP contribution in [0.1, 0.15) is 16.7 Å². The van der Waals surface area contributed by atoms with Crippen LogP contribution in [0.2, 0.25) is 0 Å². The average molecular weight is 172 g/mol. The number of hydrogen-bond donors (Lipinski definition) is 1. The number of nitriles is 1. The van der Waals surface area contributed by atoms with Gasteiger partial charge in [-0.1, -0.05) is 12.1 Å². The summed E-state index contributed by atoms with van der Waals surface area (Å²) in [6.45, 7) is 4.07. The molecule has 1 aromatic carbocycles. The molecule has 0 saturated heterocycles. The Morgan fingerprint density at radius 1 is 1.38 bits per heavy atom. The van der Waals surface area contributed by atoms with Crippen LogP contribution in [-0.2, 0) is 0 Å². The van der Waals surface area contributed by atoms with Gasteiger partial charge < -0.3 is 5.73 Å². The number of aryl methyl sites for hydroxylation is 2. The number of allylic oxidation sites excluding steroid dienone is 1. The predicted molar refractivity (Wildman–Crippen MR) is 53.7 cm³/mol. The molecular weight excluding hydrogens is 160 g/mol. The second-order valence-electron chi connectivity index (χ2n) is 3.03. The highest BCUT2D eigenvalue weighted by Gasteiger charge is 1.98. The van der Waals surface area contributed by atoms with E-state index in [4.69, 9.17) is 11.0 Å². The number of rotatable bonds is 1. The van der Waals surface area contributed by atoms with Gasteiger partial charge in [-0.3, -0.25) is 0 Å². The molecule has 0 saturated carbocycles. The molecule has 2 nitrogen and oxygen atoms in total. The Hall–Kier alpha value is -1.75. The molecule has 0 aromatic heterocycles. The van der Waals surface area contributed by atoms with E-state index in [1.54, 1.807) is 0 Å². The molecule has 0 heterocycles. The van der Waals surface area contributed by atoms with Crippen molar-refractivity contribution >= 4 is 5.70 Å². The van der Waals surface area contributed by atoms with Crippen LogP contribution in [0.25, 0.3) is 5.70 Å². The number of benzene rings is 1. The van der Waals surface area contributed by atoms with Crippen LogP contribution in [0.5, 0.6) is 0 Å². The van der Waals surface area contributed by atoms with Crippen LogP contribution in [0, 0.1) is 25.2 Å². The van der Waals surface area contributed by atoms with Gasteiger partial charge in [-0.2, -0.15) is 5.26 Å². The van der Waals surface area contributed by atoms with Crippen molar-refractivity contribution in [3.05, 3.63) is 41.0 Å². The first-order valence-corrected chi connectivity index (χ1v) is 4.08. The monoisotopic (exact) mass is 172 g/mol. The van der Waals surface area contributed by atoms with E-state index < -0.39 is 0 Å². The summed E-state index contributed by atoms with van der Waals surface area (Å²) in [6, 6.07) is 7.82. The predicted octanol–water partition coefficient (Wildman–Crippen LogP) is 2.13. The van der Waals surface area contributed by atoms with Crippen molar-refractivity contribution in [1.82, 2.24) is 0 Å². The topological polar surface area (TPSA) is 49.8 Å². The highest BCUT2D eigenvalue weighted by Crippen LogP contribution is 2.14. The van der Waals surface area contributed by atoms with E-state index in [-0.39, 0.29) is 0 Å². The minimum Gasteiger partial charge on any atom is -0.398 e. The molecule has 0 fully saturated rings. The third-order valence-electron chi connectivity index (χ3n) is 2.06. The van der Waals surface area contributed by atoms with E-state index in [9.17, 15) is 0 Å². The molecule has 13 heavy (non-hydrogen) atoms. The quantitative estimate of drug-likeness (QED) is 0.660. The first kappa shape index (κ1) is 9.34. The Morgan fingerprint density at radius 3 is 2.62 bits per heavy atom. The fourth-order valence-electron chi connectivity index (χ4n) is 1.07. The van der Waals surface area contributed by atoms with Crippen molar-refractivity contribution in [2.75, 3.05) is 0 Å². The standard InChI is InChI=1S/C11H12N2/c1-8-3-4-10(7-9(8)2)11(13)5-6-12/h3-5,7H,13H2,1-2H3. The Morgan fingerprint density at radius 2 is 2.08 bits per heavy atom. The van der Waals surface area contributed by atoms with Gasteiger partial charge in [0.15, 0.2) is 0 Å². The van der Waals surface area contributed by atoms with E-state index in [0.29, 0.717) is 5.70 Å². The van der Waals surface area contributed by atoms with Gasteiger partial charge in [-0.25, -0.2) is 0 Å². The lowest BCUT2D eigenvalue weighted by Gasteiger charge is -2.03. The van der Waals surface area contributed by atoms with E-state index in [0.717, 1.165) is 5.56 Å². The summed E-state index contributed by atoms with van der Waals surface area (Å²) < 4.78 is 0. The molecule has 0 aliphatic carbocycles. The molecule has 0 radical (unpaired) electrons. The van der Waals surface area contributed by atoms with Gasteiger partial charge in [0, 0.05) is 11.8 Å². The Bertz CT molecular complexity index is 384. The van der Waals surface area contributed by atoms with E-state index in [1.807, 2.05) is 38.1 Å². The molecule has 2 N–H and O–H groups in total. The molecule has 1 rings (SSSR count). The third-order valence-corrected chi connectivity index (χ3v) is 2.06. The Kier molecular flexibility index (Phi) is 2.71. The van der Waals surface area contributed by atoms with Crippen molar-refractivity contribution in [2.24, 2.45) is 5.73 Å². The smallest absolute Gasteiger partial charge is 0.0933 e. The largest absolute Gasteiger partial charge is 0.398 e. The second-order valence-corrected chi connectivity index (χ2v) is 3.03. The fourth-order valence-corrected chi connectivity index (χ4v) is 1.07. The number of hydrogen-bond acceptors (Lipinski definition) is 2. The Labute approximate surface area is 78.3 Å². The molecule has 1 aromatic rings. The van der Waals surface area contributed by atoms with Crippen LogP contribution >= 0.6 is 0 Å². The highest BCUT2D eigenvalue weighted by molar-refractivity contribution is 5.65. The molecule has 0 aliphatic rings. The summed E-state index contributed by atoms with van der Waals surface area (Å²) in [5.74, 6) is 0. The van der Waals surface area contributed by atoms with Crippen LogP contribution in [0.3, 0.4) is 0 Å². The molecule has 0 unspecified atom stereocenters. The van der Waals surface area contributed by atoms with E-state index in [1.165, 1.54) is 17.2 Å². The molecular formula is C11H12N2. The first-order chi connectivity index (χ1) is 6.15. The molecule has 66 valence electrons. The average Bonchev–Trinajstić information content (AvgIpc) is 2.10. The fraction of sp³-hybridized carbons (Fsp3) is 0.182. The van der Waals surface area contributed by atoms with Gasteiger partial charge in [0.25, 0.3) is 0 Å². The van der Waals surface area contributed by atoms with Gasteiger partial charge in [-0.05, 0) is 36.6 Å². The lowest BCUT2D eigenvalue weighted by atomic mass is 10.0. The molecule has 2 heteroatoms. The minimum atomic E-state index is 0.519. The van der Waals surface area contributed by atoms with E-state index in [2.05, 4.69) is 0 Å². The SMILES string of the molecule is Cc1ccc(C(N)=CC#N)cc1C.